The Kier molecular flexibility index (Phi) is 9.05. The number of carbonyl (C=O) groups excluding carboxylic acids is 1. The lowest BCUT2D eigenvalue weighted by Gasteiger charge is -2.47. The van der Waals surface area contributed by atoms with E-state index < -0.39 is 0 Å². The molecule has 1 aromatic heterocycles. The van der Waals surface area contributed by atoms with Crippen LogP contribution < -0.4 is 5.32 Å². The van der Waals surface area contributed by atoms with Crippen LogP contribution in [0.4, 0.5) is 0 Å². The summed E-state index contributed by atoms with van der Waals surface area (Å²) in [5, 5.41) is 10.9. The van der Waals surface area contributed by atoms with E-state index in [-0.39, 0.29) is 12.0 Å². The van der Waals surface area contributed by atoms with Gasteiger partial charge in [0.2, 0.25) is 5.91 Å². The number of aromatic nitrogens is 2. The third-order valence-electron chi connectivity index (χ3n) is 10.1. The number of aromatic amines is 1. The Morgan fingerprint density at radius 1 is 1.00 bits per heavy atom. The van der Waals surface area contributed by atoms with Gasteiger partial charge < -0.3 is 15.0 Å². The first-order valence-corrected chi connectivity index (χ1v) is 15.2. The molecule has 6 atom stereocenters. The van der Waals surface area contributed by atoms with Gasteiger partial charge in [-0.3, -0.25) is 9.89 Å². The molecule has 1 saturated heterocycles. The fourth-order valence-corrected chi connectivity index (χ4v) is 7.93. The van der Waals surface area contributed by atoms with Crippen molar-refractivity contribution < 1.29 is 9.53 Å². The van der Waals surface area contributed by atoms with E-state index in [1.165, 1.54) is 64.2 Å². The molecular formula is C30H50N4O2. The van der Waals surface area contributed by atoms with Gasteiger partial charge in [0.15, 0.2) is 0 Å². The Balaban J connectivity index is 1.26. The molecule has 5 unspecified atom stereocenters. The van der Waals surface area contributed by atoms with Gasteiger partial charge in [-0.2, -0.15) is 5.10 Å². The first-order chi connectivity index (χ1) is 17.6. The van der Waals surface area contributed by atoms with Crippen molar-refractivity contribution in [2.45, 2.75) is 122 Å². The molecule has 1 aliphatic heterocycles. The average molecular weight is 499 g/mol. The summed E-state index contributed by atoms with van der Waals surface area (Å²) in [5.74, 6) is 3.00. The summed E-state index contributed by atoms with van der Waals surface area (Å²) in [6.07, 6.45) is 20.3. The summed E-state index contributed by atoms with van der Waals surface area (Å²) in [6, 6.07) is 0.830. The van der Waals surface area contributed by atoms with Gasteiger partial charge in [0.05, 0.1) is 12.3 Å². The van der Waals surface area contributed by atoms with Gasteiger partial charge in [-0.25, -0.2) is 0 Å². The third kappa shape index (κ3) is 6.18. The zero-order valence-corrected chi connectivity index (χ0v) is 22.8. The molecule has 4 fully saturated rings. The number of fused-ring (bicyclic) bond motifs is 1. The number of nitrogens with zero attached hydrogens (tertiary/aromatic N) is 2. The molecule has 36 heavy (non-hydrogen) atoms. The van der Waals surface area contributed by atoms with Gasteiger partial charge >= 0.3 is 0 Å². The molecule has 0 radical (unpaired) electrons. The quantitative estimate of drug-likeness (QED) is 0.483. The van der Waals surface area contributed by atoms with Crippen LogP contribution in [0.25, 0.3) is 0 Å². The molecule has 3 saturated carbocycles. The maximum absolute atomic E-state index is 14.3. The molecule has 6 nitrogen and oxygen atoms in total. The predicted molar refractivity (Wildman–Crippen MR) is 143 cm³/mol. The number of rotatable bonds is 8. The minimum absolute atomic E-state index is 0.152. The average Bonchev–Trinajstić information content (AvgIpc) is 3.44. The third-order valence-corrected chi connectivity index (χ3v) is 10.1. The van der Waals surface area contributed by atoms with E-state index in [9.17, 15) is 4.79 Å². The van der Waals surface area contributed by atoms with E-state index in [0.29, 0.717) is 42.4 Å². The van der Waals surface area contributed by atoms with Gasteiger partial charge in [0, 0.05) is 49.5 Å². The van der Waals surface area contributed by atoms with E-state index in [0.717, 1.165) is 43.9 Å². The van der Waals surface area contributed by atoms with Gasteiger partial charge in [-0.05, 0) is 75.0 Å². The molecule has 202 valence electrons. The fourth-order valence-electron chi connectivity index (χ4n) is 7.93. The Morgan fingerprint density at radius 2 is 1.81 bits per heavy atom. The second-order valence-electron chi connectivity index (χ2n) is 12.7. The molecule has 1 aromatic rings. The minimum Gasteiger partial charge on any atom is -0.378 e. The summed E-state index contributed by atoms with van der Waals surface area (Å²) >= 11 is 0. The number of piperidine rings is 1. The molecule has 6 heteroatoms. The van der Waals surface area contributed by atoms with Crippen LogP contribution in [0.3, 0.4) is 0 Å². The molecule has 3 aliphatic carbocycles. The van der Waals surface area contributed by atoms with Crippen molar-refractivity contribution in [1.82, 2.24) is 20.4 Å². The van der Waals surface area contributed by atoms with E-state index in [1.807, 2.05) is 12.4 Å². The number of hydrogen-bond acceptors (Lipinski definition) is 4. The standard InChI is InChI=1S/C30H50N4O2/c1-21(2)28-15-14-24(18-31-28)34(19-23-16-32-33-17-23)30(35)27-12-6-11-26-25(27)10-7-13-29(26)36-20-22-8-4-3-5-9-22/h16-17,21-22,24-29,31H,3-15,18-20H2,1-2H3,(H,32,33)/t24?,25?,26?,27-,28?,29?/m0/s1. The summed E-state index contributed by atoms with van der Waals surface area (Å²) in [7, 11) is 0. The summed E-state index contributed by atoms with van der Waals surface area (Å²) in [5.41, 5.74) is 1.11. The van der Waals surface area contributed by atoms with Crippen LogP contribution in [0.5, 0.6) is 0 Å². The lowest BCUT2D eigenvalue weighted by molar-refractivity contribution is -0.148. The first kappa shape index (κ1) is 26.2. The van der Waals surface area contributed by atoms with Crippen LogP contribution in [0.1, 0.15) is 103 Å². The van der Waals surface area contributed by atoms with Gasteiger partial charge in [0.25, 0.3) is 0 Å². The van der Waals surface area contributed by atoms with Crippen LogP contribution in [0.15, 0.2) is 12.4 Å². The highest BCUT2D eigenvalue weighted by Crippen LogP contribution is 2.46. The minimum atomic E-state index is 0.152. The summed E-state index contributed by atoms with van der Waals surface area (Å²) < 4.78 is 6.67. The lowest BCUT2D eigenvalue weighted by atomic mass is 9.64. The second kappa shape index (κ2) is 12.4. The van der Waals surface area contributed by atoms with Crippen LogP contribution in [0.2, 0.25) is 0 Å². The molecule has 0 aromatic carbocycles. The Hall–Kier alpha value is -1.40. The highest BCUT2D eigenvalue weighted by molar-refractivity contribution is 5.79. The van der Waals surface area contributed by atoms with Crippen molar-refractivity contribution >= 4 is 5.91 Å². The van der Waals surface area contributed by atoms with Crippen molar-refractivity contribution in [3.05, 3.63) is 18.0 Å². The molecular weight excluding hydrogens is 448 g/mol. The molecule has 0 bridgehead atoms. The molecule has 0 spiro atoms. The number of amides is 1. The van der Waals surface area contributed by atoms with Crippen LogP contribution in [0, 0.1) is 29.6 Å². The van der Waals surface area contributed by atoms with E-state index >= 15 is 0 Å². The zero-order chi connectivity index (χ0) is 24.9. The molecule has 5 rings (SSSR count). The largest absolute Gasteiger partial charge is 0.378 e. The van der Waals surface area contributed by atoms with Crippen LogP contribution >= 0.6 is 0 Å². The topological polar surface area (TPSA) is 70.2 Å². The number of carbonyl (C=O) groups is 1. The van der Waals surface area contributed by atoms with E-state index in [4.69, 9.17) is 4.74 Å². The Morgan fingerprint density at radius 3 is 2.53 bits per heavy atom. The first-order valence-electron chi connectivity index (χ1n) is 15.2. The Labute approximate surface area is 218 Å². The van der Waals surface area contributed by atoms with Gasteiger partial charge in [-0.1, -0.05) is 46.0 Å². The highest BCUT2D eigenvalue weighted by atomic mass is 16.5. The second-order valence-corrected chi connectivity index (χ2v) is 12.7. The maximum Gasteiger partial charge on any atom is 0.226 e. The van der Waals surface area contributed by atoms with Gasteiger partial charge in [-0.15, -0.1) is 0 Å². The Bertz CT molecular complexity index is 798. The number of hydrogen-bond donors (Lipinski definition) is 2. The fraction of sp³-hybridized carbons (Fsp3) is 0.867. The molecule has 4 aliphatic rings. The number of H-pyrrole nitrogens is 1. The van der Waals surface area contributed by atoms with Crippen molar-refractivity contribution in [1.29, 1.82) is 0 Å². The van der Waals surface area contributed by atoms with E-state index in [1.54, 1.807) is 0 Å². The number of ether oxygens (including phenoxy) is 1. The molecule has 1 amide bonds. The smallest absolute Gasteiger partial charge is 0.226 e. The lowest BCUT2D eigenvalue weighted by Crippen LogP contribution is -2.55. The summed E-state index contributed by atoms with van der Waals surface area (Å²) in [6.45, 7) is 7.11. The van der Waals surface area contributed by atoms with Crippen molar-refractivity contribution in [2.24, 2.45) is 29.6 Å². The van der Waals surface area contributed by atoms with Crippen molar-refractivity contribution in [2.75, 3.05) is 13.2 Å². The normalized spacial score (nSPS) is 33.9. The monoisotopic (exact) mass is 498 g/mol. The summed E-state index contributed by atoms with van der Waals surface area (Å²) in [4.78, 5) is 16.6. The van der Waals surface area contributed by atoms with Crippen molar-refractivity contribution in [3.8, 4) is 0 Å². The number of nitrogens with one attached hydrogen (secondary N) is 2. The predicted octanol–water partition coefficient (Wildman–Crippen LogP) is 5.70. The maximum atomic E-state index is 14.3. The molecule has 2 N–H and O–H groups in total. The highest BCUT2D eigenvalue weighted by Gasteiger charge is 2.45. The van der Waals surface area contributed by atoms with Crippen LogP contribution in [-0.2, 0) is 16.1 Å². The molecule has 2 heterocycles. The van der Waals surface area contributed by atoms with E-state index in [2.05, 4.69) is 34.3 Å². The zero-order valence-electron chi connectivity index (χ0n) is 22.8. The van der Waals surface area contributed by atoms with Crippen molar-refractivity contribution in [3.63, 3.8) is 0 Å². The SMILES string of the molecule is CC(C)C1CCC(N(Cc2cn[nH]c2)C(=O)[C@H]2CCCC3C(OCC4CCCCC4)CCCC32)CN1. The van der Waals surface area contributed by atoms with Crippen LogP contribution in [-0.4, -0.2) is 52.3 Å². The van der Waals surface area contributed by atoms with Gasteiger partial charge in [0.1, 0.15) is 0 Å².